The van der Waals surface area contributed by atoms with Crippen molar-refractivity contribution >= 4 is 32.8 Å². The second kappa shape index (κ2) is 5.59. The Kier molecular flexibility index (Phi) is 4.10. The molecule has 18 heavy (non-hydrogen) atoms. The summed E-state index contributed by atoms with van der Waals surface area (Å²) < 4.78 is 7.19. The maximum Gasteiger partial charge on any atom is 0.164 e. The van der Waals surface area contributed by atoms with Crippen molar-refractivity contribution in [2.24, 2.45) is 7.05 Å². The number of aromatic nitrogens is 4. The van der Waals surface area contributed by atoms with Crippen LogP contribution in [0, 0.1) is 0 Å². The average Bonchev–Trinajstić information content (AvgIpc) is 2.64. The third-order valence-corrected chi connectivity index (χ3v) is 3.00. The van der Waals surface area contributed by atoms with Crippen molar-refractivity contribution in [1.82, 2.24) is 19.7 Å². The van der Waals surface area contributed by atoms with Gasteiger partial charge in [0.15, 0.2) is 5.65 Å². The number of anilines is 1. The third-order valence-electron chi connectivity index (χ3n) is 2.44. The van der Waals surface area contributed by atoms with Gasteiger partial charge in [-0.1, -0.05) is 0 Å². The lowest BCUT2D eigenvalue weighted by Gasteiger charge is -2.11. The number of hydrogen-bond acceptors (Lipinski definition) is 6. The lowest BCUT2D eigenvalue weighted by atomic mass is 10.3. The van der Waals surface area contributed by atoms with Gasteiger partial charge in [-0.05, 0) is 15.9 Å². The minimum atomic E-state index is -0.588. The molecule has 7 nitrogen and oxygen atoms in total. The fourth-order valence-electron chi connectivity index (χ4n) is 1.64. The summed E-state index contributed by atoms with van der Waals surface area (Å²) >= 11 is 3.37. The van der Waals surface area contributed by atoms with E-state index in [1.807, 2.05) is 7.05 Å². The van der Waals surface area contributed by atoms with Gasteiger partial charge in [-0.3, -0.25) is 0 Å². The highest BCUT2D eigenvalue weighted by Gasteiger charge is 2.13. The van der Waals surface area contributed by atoms with Gasteiger partial charge in [0.1, 0.15) is 16.7 Å². The molecule has 0 aliphatic heterocycles. The van der Waals surface area contributed by atoms with Crippen LogP contribution in [0.4, 0.5) is 5.82 Å². The standard InChI is InChI=1S/C10H14BrN5O2/c1-16-10-7(8(11)15-16)9(13-5-14-10)12-3-6(17)4-18-2/h5-6,17H,3-4H2,1-2H3,(H,12,13,14). The van der Waals surface area contributed by atoms with Crippen LogP contribution in [0.15, 0.2) is 10.9 Å². The number of aryl methyl sites for hydroxylation is 1. The van der Waals surface area contributed by atoms with Crippen molar-refractivity contribution in [3.63, 3.8) is 0 Å². The van der Waals surface area contributed by atoms with E-state index in [-0.39, 0.29) is 6.61 Å². The molecule has 1 atom stereocenters. The summed E-state index contributed by atoms with van der Waals surface area (Å²) in [7, 11) is 3.35. The second-order valence-electron chi connectivity index (χ2n) is 3.83. The van der Waals surface area contributed by atoms with Gasteiger partial charge in [-0.2, -0.15) is 5.10 Å². The van der Waals surface area contributed by atoms with Crippen molar-refractivity contribution in [2.75, 3.05) is 25.6 Å². The Hall–Kier alpha value is -1.25. The molecule has 0 spiro atoms. The first-order chi connectivity index (χ1) is 8.63. The number of methoxy groups -OCH3 is 1. The van der Waals surface area contributed by atoms with Crippen molar-refractivity contribution in [3.05, 3.63) is 10.9 Å². The molecule has 1 unspecified atom stereocenters. The molecule has 0 amide bonds. The van der Waals surface area contributed by atoms with Gasteiger partial charge in [0.2, 0.25) is 0 Å². The molecule has 2 heterocycles. The Balaban J connectivity index is 2.23. The summed E-state index contributed by atoms with van der Waals surface area (Å²) in [6, 6.07) is 0. The Morgan fingerprint density at radius 3 is 3.06 bits per heavy atom. The van der Waals surface area contributed by atoms with E-state index in [0.717, 1.165) is 11.0 Å². The summed E-state index contributed by atoms with van der Waals surface area (Å²) in [4.78, 5) is 8.31. The molecule has 0 saturated heterocycles. The summed E-state index contributed by atoms with van der Waals surface area (Å²) in [5.41, 5.74) is 0.723. The zero-order valence-corrected chi connectivity index (χ0v) is 11.7. The fraction of sp³-hybridized carbons (Fsp3) is 0.500. The summed E-state index contributed by atoms with van der Waals surface area (Å²) in [6.07, 6.45) is 0.872. The maximum atomic E-state index is 9.59. The topological polar surface area (TPSA) is 85.1 Å². The van der Waals surface area contributed by atoms with Gasteiger partial charge in [0.25, 0.3) is 0 Å². The maximum absolute atomic E-state index is 9.59. The lowest BCUT2D eigenvalue weighted by Crippen LogP contribution is -2.24. The highest BCUT2D eigenvalue weighted by atomic mass is 79.9. The second-order valence-corrected chi connectivity index (χ2v) is 4.58. The molecule has 0 fully saturated rings. The number of aliphatic hydroxyl groups excluding tert-OH is 1. The minimum absolute atomic E-state index is 0.273. The molecule has 2 aromatic rings. The van der Waals surface area contributed by atoms with E-state index < -0.39 is 6.10 Å². The number of rotatable bonds is 5. The number of aliphatic hydroxyl groups is 1. The number of nitrogens with one attached hydrogen (secondary N) is 1. The van der Waals surface area contributed by atoms with E-state index in [2.05, 4.69) is 36.3 Å². The van der Waals surface area contributed by atoms with Crippen LogP contribution in [0.3, 0.4) is 0 Å². The minimum Gasteiger partial charge on any atom is -0.389 e. The molecule has 0 aromatic carbocycles. The molecule has 2 aromatic heterocycles. The fourth-order valence-corrected chi connectivity index (χ4v) is 2.24. The molecule has 0 aliphatic rings. The predicted octanol–water partition coefficient (Wildman–Crippen LogP) is 0.545. The van der Waals surface area contributed by atoms with E-state index in [9.17, 15) is 5.11 Å². The average molecular weight is 316 g/mol. The number of halogens is 1. The Labute approximate surface area is 112 Å². The molecule has 0 bridgehead atoms. The number of nitrogens with zero attached hydrogens (tertiary/aromatic N) is 4. The quantitative estimate of drug-likeness (QED) is 0.838. The molecule has 98 valence electrons. The number of fused-ring (bicyclic) bond motifs is 1. The van der Waals surface area contributed by atoms with Gasteiger partial charge in [0, 0.05) is 20.7 Å². The molecular weight excluding hydrogens is 302 g/mol. The zero-order valence-electron chi connectivity index (χ0n) is 10.1. The van der Waals surface area contributed by atoms with Crippen LogP contribution in [-0.4, -0.2) is 51.2 Å². The molecule has 0 aliphatic carbocycles. The lowest BCUT2D eigenvalue weighted by molar-refractivity contribution is 0.0727. The predicted molar refractivity (Wildman–Crippen MR) is 70.4 cm³/mol. The molecule has 2 rings (SSSR count). The van der Waals surface area contributed by atoms with Gasteiger partial charge in [-0.15, -0.1) is 0 Å². The molecule has 0 radical (unpaired) electrons. The zero-order chi connectivity index (χ0) is 13.1. The van der Waals surface area contributed by atoms with Crippen LogP contribution in [0.5, 0.6) is 0 Å². The monoisotopic (exact) mass is 315 g/mol. The Morgan fingerprint density at radius 1 is 1.56 bits per heavy atom. The van der Waals surface area contributed by atoms with Crippen LogP contribution < -0.4 is 5.32 Å². The van der Waals surface area contributed by atoms with Gasteiger partial charge < -0.3 is 15.2 Å². The van der Waals surface area contributed by atoms with Crippen LogP contribution in [0.1, 0.15) is 0 Å². The van der Waals surface area contributed by atoms with E-state index in [1.165, 1.54) is 6.33 Å². The number of hydrogen-bond donors (Lipinski definition) is 2. The molecule has 8 heteroatoms. The summed E-state index contributed by atoms with van der Waals surface area (Å²) in [5.74, 6) is 0.634. The van der Waals surface area contributed by atoms with E-state index in [0.29, 0.717) is 17.0 Å². The highest BCUT2D eigenvalue weighted by molar-refractivity contribution is 9.10. The van der Waals surface area contributed by atoms with Crippen molar-refractivity contribution in [2.45, 2.75) is 6.10 Å². The smallest absolute Gasteiger partial charge is 0.164 e. The van der Waals surface area contributed by atoms with Gasteiger partial charge in [0.05, 0.1) is 18.1 Å². The van der Waals surface area contributed by atoms with Crippen molar-refractivity contribution in [1.29, 1.82) is 0 Å². The summed E-state index contributed by atoms with van der Waals surface area (Å²) in [6.45, 7) is 0.622. The first-order valence-electron chi connectivity index (χ1n) is 5.37. The first kappa shape index (κ1) is 13.2. The van der Waals surface area contributed by atoms with E-state index in [1.54, 1.807) is 11.8 Å². The van der Waals surface area contributed by atoms with Gasteiger partial charge >= 0.3 is 0 Å². The van der Waals surface area contributed by atoms with E-state index in [4.69, 9.17) is 4.74 Å². The van der Waals surface area contributed by atoms with Crippen LogP contribution >= 0.6 is 15.9 Å². The van der Waals surface area contributed by atoms with Crippen LogP contribution in [-0.2, 0) is 11.8 Å². The van der Waals surface area contributed by atoms with Crippen LogP contribution in [0.25, 0.3) is 11.0 Å². The normalized spacial score (nSPS) is 12.9. The van der Waals surface area contributed by atoms with Crippen molar-refractivity contribution in [3.8, 4) is 0 Å². The van der Waals surface area contributed by atoms with Crippen LogP contribution in [0.2, 0.25) is 0 Å². The van der Waals surface area contributed by atoms with Crippen molar-refractivity contribution < 1.29 is 9.84 Å². The molecule has 0 saturated carbocycles. The molecular formula is C10H14BrN5O2. The Bertz CT molecular complexity index is 544. The first-order valence-corrected chi connectivity index (χ1v) is 6.17. The van der Waals surface area contributed by atoms with E-state index >= 15 is 0 Å². The molecule has 2 N–H and O–H groups in total. The number of ether oxygens (including phenoxy) is 1. The Morgan fingerprint density at radius 2 is 2.33 bits per heavy atom. The highest BCUT2D eigenvalue weighted by Crippen LogP contribution is 2.26. The SMILES string of the molecule is COCC(O)CNc1ncnc2c1c(Br)nn2C. The summed E-state index contributed by atoms with van der Waals surface area (Å²) in [5, 5.41) is 17.7. The van der Waals surface area contributed by atoms with Gasteiger partial charge in [-0.25, -0.2) is 14.6 Å². The third kappa shape index (κ3) is 2.60. The largest absolute Gasteiger partial charge is 0.389 e.